The molecule has 2 aromatic carbocycles. The van der Waals surface area contributed by atoms with Gasteiger partial charge in [-0.3, -0.25) is 0 Å². The van der Waals surface area contributed by atoms with E-state index >= 15 is 0 Å². The fraction of sp³-hybridized carbons (Fsp3) is 0.333. The maximum Gasteiger partial charge on any atom is 0.122 e. The van der Waals surface area contributed by atoms with Crippen LogP contribution in [0.15, 0.2) is 30.3 Å². The minimum Gasteiger partial charge on any atom is -0.490 e. The lowest BCUT2D eigenvalue weighted by molar-refractivity contribution is 0.216. The first-order valence-electron chi connectivity index (χ1n) is 7.17. The number of nitrogen functional groups attached to an aromatic ring is 1. The SMILES string of the molecule is Cc1cc(C)c(OCCOc2ccc(C)c(N)c2)cc1C. The molecule has 0 fully saturated rings. The van der Waals surface area contributed by atoms with Gasteiger partial charge in [-0.25, -0.2) is 0 Å². The number of hydrogen-bond acceptors (Lipinski definition) is 3. The van der Waals surface area contributed by atoms with Crippen LogP contribution in [-0.4, -0.2) is 13.2 Å². The molecule has 0 saturated carbocycles. The molecule has 3 heteroatoms. The molecule has 3 nitrogen and oxygen atoms in total. The third kappa shape index (κ3) is 3.91. The molecule has 21 heavy (non-hydrogen) atoms. The highest BCUT2D eigenvalue weighted by Crippen LogP contribution is 2.22. The van der Waals surface area contributed by atoms with E-state index in [-0.39, 0.29) is 0 Å². The lowest BCUT2D eigenvalue weighted by atomic mass is 10.1. The predicted octanol–water partition coefficient (Wildman–Crippen LogP) is 3.96. The van der Waals surface area contributed by atoms with Crippen molar-refractivity contribution >= 4 is 5.69 Å². The topological polar surface area (TPSA) is 44.5 Å². The minimum atomic E-state index is 0.495. The summed E-state index contributed by atoms with van der Waals surface area (Å²) < 4.78 is 11.4. The van der Waals surface area contributed by atoms with Crippen LogP contribution in [0.1, 0.15) is 22.3 Å². The van der Waals surface area contributed by atoms with Gasteiger partial charge in [0.05, 0.1) is 0 Å². The van der Waals surface area contributed by atoms with Gasteiger partial charge in [0.25, 0.3) is 0 Å². The molecule has 0 saturated heterocycles. The van der Waals surface area contributed by atoms with Gasteiger partial charge in [-0.05, 0) is 62.1 Å². The fourth-order valence-electron chi connectivity index (χ4n) is 2.11. The van der Waals surface area contributed by atoms with E-state index in [4.69, 9.17) is 15.2 Å². The van der Waals surface area contributed by atoms with E-state index in [0.29, 0.717) is 13.2 Å². The van der Waals surface area contributed by atoms with Gasteiger partial charge in [-0.2, -0.15) is 0 Å². The first kappa shape index (κ1) is 15.2. The van der Waals surface area contributed by atoms with Crippen LogP contribution in [0.2, 0.25) is 0 Å². The molecule has 2 aromatic rings. The van der Waals surface area contributed by atoms with E-state index in [1.54, 1.807) is 0 Å². The first-order valence-corrected chi connectivity index (χ1v) is 7.17. The van der Waals surface area contributed by atoms with E-state index < -0.39 is 0 Å². The number of hydrogen-bond donors (Lipinski definition) is 1. The molecule has 0 radical (unpaired) electrons. The van der Waals surface area contributed by atoms with E-state index in [9.17, 15) is 0 Å². The van der Waals surface area contributed by atoms with Crippen LogP contribution in [-0.2, 0) is 0 Å². The quantitative estimate of drug-likeness (QED) is 0.668. The molecule has 0 aliphatic carbocycles. The summed E-state index contributed by atoms with van der Waals surface area (Å²) in [4.78, 5) is 0. The van der Waals surface area contributed by atoms with Crippen LogP contribution in [0.4, 0.5) is 5.69 Å². The number of aryl methyl sites for hydroxylation is 4. The highest BCUT2D eigenvalue weighted by Gasteiger charge is 2.03. The monoisotopic (exact) mass is 285 g/mol. The van der Waals surface area contributed by atoms with Crippen molar-refractivity contribution in [2.24, 2.45) is 0 Å². The lowest BCUT2D eigenvalue weighted by Crippen LogP contribution is -2.10. The normalized spacial score (nSPS) is 10.5. The van der Waals surface area contributed by atoms with Crippen molar-refractivity contribution in [2.45, 2.75) is 27.7 Å². The van der Waals surface area contributed by atoms with Gasteiger partial charge >= 0.3 is 0 Å². The molecule has 0 heterocycles. The van der Waals surface area contributed by atoms with Crippen LogP contribution in [0.5, 0.6) is 11.5 Å². The summed E-state index contributed by atoms with van der Waals surface area (Å²) in [6.07, 6.45) is 0. The Hall–Kier alpha value is -2.16. The van der Waals surface area contributed by atoms with Crippen molar-refractivity contribution in [3.05, 3.63) is 52.6 Å². The van der Waals surface area contributed by atoms with Crippen molar-refractivity contribution in [3.8, 4) is 11.5 Å². The smallest absolute Gasteiger partial charge is 0.122 e. The average Bonchev–Trinajstić information content (AvgIpc) is 2.44. The molecule has 0 atom stereocenters. The van der Waals surface area contributed by atoms with Gasteiger partial charge in [0.15, 0.2) is 0 Å². The summed E-state index contributed by atoms with van der Waals surface area (Å²) in [5.74, 6) is 1.70. The molecular formula is C18H23NO2. The van der Waals surface area contributed by atoms with E-state index in [1.165, 1.54) is 11.1 Å². The molecule has 0 aliphatic heterocycles. The zero-order valence-electron chi connectivity index (χ0n) is 13.2. The van der Waals surface area contributed by atoms with Gasteiger partial charge < -0.3 is 15.2 Å². The Morgan fingerprint density at radius 3 is 2.14 bits per heavy atom. The molecular weight excluding hydrogens is 262 g/mol. The maximum absolute atomic E-state index is 5.86. The van der Waals surface area contributed by atoms with Crippen LogP contribution >= 0.6 is 0 Å². The molecule has 112 valence electrons. The zero-order chi connectivity index (χ0) is 15.4. The second kappa shape index (κ2) is 6.53. The highest BCUT2D eigenvalue weighted by atomic mass is 16.5. The van der Waals surface area contributed by atoms with Crippen LogP contribution in [0.3, 0.4) is 0 Å². The Morgan fingerprint density at radius 2 is 1.43 bits per heavy atom. The summed E-state index contributed by atoms with van der Waals surface area (Å²) in [6, 6.07) is 9.95. The fourth-order valence-corrected chi connectivity index (χ4v) is 2.11. The Labute approximate surface area is 126 Å². The van der Waals surface area contributed by atoms with Crippen molar-refractivity contribution in [3.63, 3.8) is 0 Å². The number of rotatable bonds is 5. The van der Waals surface area contributed by atoms with Gasteiger partial charge in [0, 0.05) is 11.8 Å². The highest BCUT2D eigenvalue weighted by molar-refractivity contribution is 5.50. The summed E-state index contributed by atoms with van der Waals surface area (Å²) in [5, 5.41) is 0. The minimum absolute atomic E-state index is 0.495. The van der Waals surface area contributed by atoms with E-state index in [1.807, 2.05) is 25.1 Å². The van der Waals surface area contributed by atoms with Crippen molar-refractivity contribution in [1.29, 1.82) is 0 Å². The molecule has 0 unspecified atom stereocenters. The Morgan fingerprint density at radius 1 is 0.762 bits per heavy atom. The van der Waals surface area contributed by atoms with Crippen molar-refractivity contribution in [2.75, 3.05) is 18.9 Å². The molecule has 0 aromatic heterocycles. The van der Waals surface area contributed by atoms with Crippen LogP contribution < -0.4 is 15.2 Å². The van der Waals surface area contributed by atoms with E-state index in [0.717, 1.165) is 28.3 Å². The summed E-state index contributed by atoms with van der Waals surface area (Å²) >= 11 is 0. The van der Waals surface area contributed by atoms with Gasteiger partial charge in [0.2, 0.25) is 0 Å². The predicted molar refractivity (Wildman–Crippen MR) is 87.2 cm³/mol. The second-order valence-corrected chi connectivity index (χ2v) is 5.42. The molecule has 2 rings (SSSR count). The number of ether oxygens (including phenoxy) is 2. The van der Waals surface area contributed by atoms with Crippen LogP contribution in [0.25, 0.3) is 0 Å². The number of nitrogens with two attached hydrogens (primary N) is 1. The summed E-state index contributed by atoms with van der Waals surface area (Å²) in [7, 11) is 0. The van der Waals surface area contributed by atoms with Gasteiger partial charge in [-0.1, -0.05) is 12.1 Å². The Balaban J connectivity index is 1.87. The average molecular weight is 285 g/mol. The molecule has 2 N–H and O–H groups in total. The third-order valence-electron chi connectivity index (χ3n) is 3.65. The molecule has 0 bridgehead atoms. The Bertz CT molecular complexity index is 635. The number of anilines is 1. The lowest BCUT2D eigenvalue weighted by Gasteiger charge is -2.13. The maximum atomic E-state index is 5.86. The second-order valence-electron chi connectivity index (χ2n) is 5.42. The van der Waals surface area contributed by atoms with E-state index in [2.05, 4.69) is 32.9 Å². The van der Waals surface area contributed by atoms with Crippen LogP contribution in [0, 0.1) is 27.7 Å². The van der Waals surface area contributed by atoms with Crippen molar-refractivity contribution in [1.82, 2.24) is 0 Å². The van der Waals surface area contributed by atoms with Crippen molar-refractivity contribution < 1.29 is 9.47 Å². The largest absolute Gasteiger partial charge is 0.490 e. The standard InChI is InChI=1S/C18H23NO2/c1-12-5-6-16(11-17(12)19)20-7-8-21-18-10-14(3)13(2)9-15(18)4/h5-6,9-11H,7-8,19H2,1-4H3. The first-order chi connectivity index (χ1) is 9.97. The summed E-state index contributed by atoms with van der Waals surface area (Å²) in [6.45, 7) is 9.24. The molecule has 0 amide bonds. The third-order valence-corrected chi connectivity index (χ3v) is 3.65. The molecule has 0 aliphatic rings. The van der Waals surface area contributed by atoms with Gasteiger partial charge in [0.1, 0.15) is 24.7 Å². The summed E-state index contributed by atoms with van der Waals surface area (Å²) in [5.41, 5.74) is 11.3. The zero-order valence-corrected chi connectivity index (χ0v) is 13.2. The van der Waals surface area contributed by atoms with Gasteiger partial charge in [-0.15, -0.1) is 0 Å². The Kier molecular flexibility index (Phi) is 4.73. The number of benzene rings is 2. The molecule has 0 spiro atoms.